The summed E-state index contributed by atoms with van der Waals surface area (Å²) in [6, 6.07) is 9.67. The van der Waals surface area contributed by atoms with Crippen LogP contribution in [0.5, 0.6) is 0 Å². The van der Waals surface area contributed by atoms with E-state index in [1.165, 1.54) is 42.5 Å². The van der Waals surface area contributed by atoms with Gasteiger partial charge in [-0.25, -0.2) is 16.8 Å². The molecule has 0 spiro atoms. The summed E-state index contributed by atoms with van der Waals surface area (Å²) >= 11 is 6.27. The molecule has 0 saturated carbocycles. The van der Waals surface area contributed by atoms with Crippen molar-refractivity contribution in [1.29, 1.82) is 0 Å². The number of furan rings is 1. The molecule has 0 unspecified atom stereocenters. The zero-order valence-electron chi connectivity index (χ0n) is 11.5. The molecular weight excluding hydrogens is 419 g/mol. The van der Waals surface area contributed by atoms with Gasteiger partial charge in [-0.3, -0.25) is 0 Å². The van der Waals surface area contributed by atoms with Gasteiger partial charge in [-0.1, -0.05) is 11.6 Å². The number of fused-ring (bicyclic) bond motifs is 1. The van der Waals surface area contributed by atoms with Crippen molar-refractivity contribution in [2.75, 3.05) is 0 Å². The van der Waals surface area contributed by atoms with E-state index in [1.807, 2.05) is 0 Å². The van der Waals surface area contributed by atoms with E-state index in [0.717, 1.165) is 0 Å². The van der Waals surface area contributed by atoms with E-state index in [1.54, 1.807) is 0 Å². The summed E-state index contributed by atoms with van der Waals surface area (Å²) in [6.45, 7) is 0. The molecule has 1 heterocycles. The predicted molar refractivity (Wildman–Crippen MR) is 92.7 cm³/mol. The third-order valence-corrected chi connectivity index (χ3v) is 6.38. The van der Waals surface area contributed by atoms with Crippen LogP contribution in [0.25, 0.3) is 22.3 Å². The van der Waals surface area contributed by atoms with Gasteiger partial charge in [0.05, 0.1) is 14.8 Å². The third kappa shape index (κ3) is 3.27. The minimum atomic E-state index is -3.90. The maximum absolute atomic E-state index is 11.4. The van der Waals surface area contributed by atoms with Crippen molar-refractivity contribution in [2.24, 2.45) is 0 Å². The van der Waals surface area contributed by atoms with E-state index in [-0.39, 0.29) is 26.2 Å². The van der Waals surface area contributed by atoms with Crippen LogP contribution in [-0.4, -0.2) is 16.8 Å². The minimum Gasteiger partial charge on any atom is -0.454 e. The van der Waals surface area contributed by atoms with E-state index >= 15 is 0 Å². The maximum Gasteiger partial charge on any atom is 0.261 e. The molecule has 0 aliphatic heterocycles. The van der Waals surface area contributed by atoms with Gasteiger partial charge in [-0.15, -0.1) is 0 Å². The number of hydrogen-bond acceptors (Lipinski definition) is 5. The number of rotatable bonds is 3. The molecule has 10 heteroatoms. The van der Waals surface area contributed by atoms with Gasteiger partial charge in [0.25, 0.3) is 18.1 Å². The maximum atomic E-state index is 11.4. The molecule has 1 aromatic heterocycles. The highest BCUT2D eigenvalue weighted by Gasteiger charge is 2.18. The van der Waals surface area contributed by atoms with Gasteiger partial charge in [0.2, 0.25) is 0 Å². The van der Waals surface area contributed by atoms with Crippen molar-refractivity contribution in [3.05, 3.63) is 47.5 Å². The summed E-state index contributed by atoms with van der Waals surface area (Å²) in [5, 5.41) is 0.773. The molecule has 0 amide bonds. The second kappa shape index (κ2) is 5.93. The fraction of sp³-hybridized carbons (Fsp3) is 0. The Morgan fingerprint density at radius 3 is 1.88 bits per heavy atom. The third-order valence-electron chi connectivity index (χ3n) is 3.28. The molecule has 0 bridgehead atoms. The highest BCUT2D eigenvalue weighted by atomic mass is 35.7. The first kappa shape index (κ1) is 17.6. The predicted octanol–water partition coefficient (Wildman–Crippen LogP) is 4.61. The van der Waals surface area contributed by atoms with Gasteiger partial charge < -0.3 is 4.42 Å². The Morgan fingerprint density at radius 2 is 1.33 bits per heavy atom. The summed E-state index contributed by atoms with van der Waals surface area (Å²) in [5.41, 5.74) is 0.751. The van der Waals surface area contributed by atoms with Crippen molar-refractivity contribution < 1.29 is 21.3 Å². The normalized spacial score (nSPS) is 12.6. The van der Waals surface area contributed by atoms with Gasteiger partial charge in [0.1, 0.15) is 5.58 Å². The lowest BCUT2D eigenvalue weighted by molar-refractivity contribution is 0.607. The molecule has 0 radical (unpaired) electrons. The van der Waals surface area contributed by atoms with Crippen LogP contribution in [0.4, 0.5) is 0 Å². The first-order valence-corrected chi connectivity index (χ1v) is 11.3. The van der Waals surface area contributed by atoms with Crippen molar-refractivity contribution in [3.63, 3.8) is 0 Å². The fourth-order valence-electron chi connectivity index (χ4n) is 2.15. The monoisotopic (exact) mass is 424 g/mol. The van der Waals surface area contributed by atoms with Crippen LogP contribution < -0.4 is 0 Å². The van der Waals surface area contributed by atoms with Crippen LogP contribution in [0.15, 0.2) is 56.7 Å². The lowest BCUT2D eigenvalue weighted by Crippen LogP contribution is -1.89. The molecule has 3 rings (SSSR count). The average Bonchev–Trinajstić information content (AvgIpc) is 2.82. The Hall–Kier alpha value is -1.25. The molecular formula is C14H7Cl3O5S2. The Kier molecular flexibility index (Phi) is 4.34. The van der Waals surface area contributed by atoms with Gasteiger partial charge in [0, 0.05) is 38.4 Å². The smallest absolute Gasteiger partial charge is 0.261 e. The molecule has 0 N–H and O–H groups in total. The average molecular weight is 426 g/mol. The first-order chi connectivity index (χ1) is 11.1. The van der Waals surface area contributed by atoms with E-state index in [9.17, 15) is 16.8 Å². The zero-order valence-corrected chi connectivity index (χ0v) is 15.4. The largest absolute Gasteiger partial charge is 0.454 e. The number of benzene rings is 2. The van der Waals surface area contributed by atoms with Gasteiger partial charge in [-0.05, 0) is 36.4 Å². The van der Waals surface area contributed by atoms with E-state index in [0.29, 0.717) is 10.9 Å². The molecule has 24 heavy (non-hydrogen) atoms. The Morgan fingerprint density at radius 1 is 0.792 bits per heavy atom. The number of halogens is 3. The highest BCUT2D eigenvalue weighted by Crippen LogP contribution is 2.38. The summed E-state index contributed by atoms with van der Waals surface area (Å²) in [5.74, 6) is 0.273. The molecule has 2 aromatic carbocycles. The lowest BCUT2D eigenvalue weighted by Gasteiger charge is -1.99. The first-order valence-electron chi connectivity index (χ1n) is 6.29. The summed E-state index contributed by atoms with van der Waals surface area (Å²) in [6.07, 6.45) is 0. The van der Waals surface area contributed by atoms with Gasteiger partial charge >= 0.3 is 0 Å². The Balaban J connectivity index is 2.15. The molecule has 0 aliphatic carbocycles. The molecule has 0 saturated heterocycles. The molecule has 126 valence electrons. The zero-order chi connectivity index (χ0) is 17.7. The van der Waals surface area contributed by atoms with Crippen molar-refractivity contribution in [2.45, 2.75) is 9.79 Å². The van der Waals surface area contributed by atoms with Crippen molar-refractivity contribution >= 4 is 62.0 Å². The number of hydrogen-bond donors (Lipinski definition) is 0. The SMILES string of the molecule is O=S(=O)(Cl)c1ccc(-c2oc3cc(S(=O)(=O)Cl)ccc3c2Cl)cc1. The second-order valence-corrected chi connectivity index (χ2v) is 10.3. The molecule has 3 aromatic rings. The summed E-state index contributed by atoms with van der Waals surface area (Å²) in [7, 11) is 2.85. The molecule has 0 aliphatic rings. The van der Waals surface area contributed by atoms with E-state index in [2.05, 4.69) is 0 Å². The molecule has 0 atom stereocenters. The Bertz CT molecular complexity index is 1150. The van der Waals surface area contributed by atoms with Crippen LogP contribution in [-0.2, 0) is 18.1 Å². The van der Waals surface area contributed by atoms with Crippen LogP contribution >= 0.6 is 33.0 Å². The summed E-state index contributed by atoms with van der Waals surface area (Å²) < 4.78 is 50.9. The van der Waals surface area contributed by atoms with E-state index < -0.39 is 18.1 Å². The van der Waals surface area contributed by atoms with Gasteiger partial charge in [0.15, 0.2) is 5.76 Å². The Labute approximate surface area is 151 Å². The van der Waals surface area contributed by atoms with Crippen LogP contribution in [0.1, 0.15) is 0 Å². The minimum absolute atomic E-state index is 0.0596. The van der Waals surface area contributed by atoms with E-state index in [4.69, 9.17) is 37.4 Å². The van der Waals surface area contributed by atoms with Crippen molar-refractivity contribution in [3.8, 4) is 11.3 Å². The molecule has 0 fully saturated rings. The molecule has 5 nitrogen and oxygen atoms in total. The van der Waals surface area contributed by atoms with Crippen LogP contribution in [0, 0.1) is 0 Å². The standard InChI is InChI=1S/C14H7Cl3O5S2/c15-13-11-6-5-10(24(17,20)21)7-12(11)22-14(13)8-1-3-9(4-2-8)23(16,18)19/h1-7H. The fourth-order valence-corrected chi connectivity index (χ4v) is 3.99. The summed E-state index contributed by atoms with van der Waals surface area (Å²) in [4.78, 5) is -0.173. The highest BCUT2D eigenvalue weighted by molar-refractivity contribution is 8.14. The second-order valence-electron chi connectivity index (χ2n) is 4.80. The van der Waals surface area contributed by atoms with Crippen molar-refractivity contribution in [1.82, 2.24) is 0 Å². The van der Waals surface area contributed by atoms with Gasteiger partial charge in [-0.2, -0.15) is 0 Å². The van der Waals surface area contributed by atoms with Crippen LogP contribution in [0.3, 0.4) is 0 Å². The topological polar surface area (TPSA) is 81.4 Å². The quantitative estimate of drug-likeness (QED) is 0.572. The van der Waals surface area contributed by atoms with Crippen LogP contribution in [0.2, 0.25) is 5.02 Å². The lowest BCUT2D eigenvalue weighted by atomic mass is 10.1.